The monoisotopic (exact) mass is 409 g/mol. The number of hydrogen-bond donors (Lipinski definition) is 3. The minimum absolute atomic E-state index is 0.179. The van der Waals surface area contributed by atoms with Gasteiger partial charge in [0.15, 0.2) is 0 Å². The van der Waals surface area contributed by atoms with E-state index in [-0.39, 0.29) is 12.5 Å². The molecule has 0 radical (unpaired) electrons. The number of hydrogen-bond acceptors (Lipinski definition) is 5. The lowest BCUT2D eigenvalue weighted by atomic mass is 10.0. The zero-order valence-corrected chi connectivity index (χ0v) is 18.2. The van der Waals surface area contributed by atoms with Gasteiger partial charge in [0.05, 0.1) is 0 Å². The van der Waals surface area contributed by atoms with E-state index in [1.807, 2.05) is 32.2 Å². The average molecular weight is 410 g/mol. The first-order chi connectivity index (χ1) is 13.0. The van der Waals surface area contributed by atoms with Crippen molar-refractivity contribution in [1.82, 2.24) is 10.6 Å². The van der Waals surface area contributed by atoms with Crippen LogP contribution in [0.15, 0.2) is 29.2 Å². The largest absolute Gasteiger partial charge is 0.459 e. The van der Waals surface area contributed by atoms with Gasteiger partial charge in [0.2, 0.25) is 5.91 Å². The van der Waals surface area contributed by atoms with Gasteiger partial charge in [-0.3, -0.25) is 9.59 Å². The summed E-state index contributed by atoms with van der Waals surface area (Å²) < 4.78 is 5.17. The van der Waals surface area contributed by atoms with Gasteiger partial charge in [-0.05, 0) is 63.6 Å². The summed E-state index contributed by atoms with van der Waals surface area (Å²) in [6.45, 7) is 8.93. The van der Waals surface area contributed by atoms with Crippen LogP contribution < -0.4 is 16.0 Å². The van der Waals surface area contributed by atoms with Crippen LogP contribution in [-0.2, 0) is 14.3 Å². The summed E-state index contributed by atoms with van der Waals surface area (Å²) in [5, 5.41) is 7.93. The van der Waals surface area contributed by atoms with Crippen LogP contribution in [-0.4, -0.2) is 42.4 Å². The number of ether oxygens (including phenoxy) is 1. The van der Waals surface area contributed by atoms with Crippen molar-refractivity contribution in [3.05, 3.63) is 24.3 Å². The molecule has 0 aliphatic rings. The van der Waals surface area contributed by atoms with Crippen molar-refractivity contribution in [2.75, 3.05) is 18.1 Å². The topological polar surface area (TPSA) is 96.5 Å². The number of benzene rings is 1. The number of carbonyl (C=O) groups is 3. The van der Waals surface area contributed by atoms with E-state index in [4.69, 9.17) is 4.74 Å². The number of anilines is 1. The summed E-state index contributed by atoms with van der Waals surface area (Å²) in [4.78, 5) is 37.6. The molecule has 0 unspecified atom stereocenters. The van der Waals surface area contributed by atoms with Crippen molar-refractivity contribution < 1.29 is 19.1 Å². The molecule has 7 nitrogen and oxygen atoms in total. The second-order valence-electron chi connectivity index (χ2n) is 7.81. The zero-order valence-electron chi connectivity index (χ0n) is 17.4. The summed E-state index contributed by atoms with van der Waals surface area (Å²) in [5.41, 5.74) is 0.0103. The molecule has 3 amide bonds. The minimum atomic E-state index is -0.757. The summed E-state index contributed by atoms with van der Waals surface area (Å²) in [6, 6.07) is 6.17. The Hall–Kier alpha value is -2.22. The van der Waals surface area contributed by atoms with Crippen molar-refractivity contribution >= 4 is 35.4 Å². The lowest BCUT2D eigenvalue weighted by Gasteiger charge is -2.22. The Balaban J connectivity index is 2.63. The molecule has 1 aromatic rings. The number of amides is 3. The van der Waals surface area contributed by atoms with E-state index >= 15 is 0 Å². The number of esters is 1. The van der Waals surface area contributed by atoms with E-state index in [1.54, 1.807) is 44.7 Å². The van der Waals surface area contributed by atoms with Gasteiger partial charge < -0.3 is 20.7 Å². The van der Waals surface area contributed by atoms with Gasteiger partial charge in [-0.15, -0.1) is 11.8 Å². The number of urea groups is 1. The van der Waals surface area contributed by atoms with Crippen LogP contribution in [0.2, 0.25) is 0 Å². The van der Waals surface area contributed by atoms with E-state index in [0.717, 1.165) is 4.90 Å². The second kappa shape index (κ2) is 10.9. The molecular formula is C20H31N3O4S. The van der Waals surface area contributed by atoms with E-state index in [0.29, 0.717) is 12.1 Å². The maximum Gasteiger partial charge on any atom is 0.325 e. The highest BCUT2D eigenvalue weighted by molar-refractivity contribution is 7.98. The molecule has 0 bridgehead atoms. The van der Waals surface area contributed by atoms with Gasteiger partial charge in [-0.2, -0.15) is 0 Å². The lowest BCUT2D eigenvalue weighted by Crippen LogP contribution is -2.50. The molecule has 0 saturated heterocycles. The van der Waals surface area contributed by atoms with Gasteiger partial charge in [-0.25, -0.2) is 4.79 Å². The van der Waals surface area contributed by atoms with Gasteiger partial charge in [0, 0.05) is 10.6 Å². The molecule has 0 aliphatic heterocycles. The van der Waals surface area contributed by atoms with E-state index in [1.165, 1.54) is 0 Å². The highest BCUT2D eigenvalue weighted by Crippen LogP contribution is 2.17. The molecule has 3 N–H and O–H groups in total. The Morgan fingerprint density at radius 2 is 1.71 bits per heavy atom. The Kier molecular flexibility index (Phi) is 9.31. The van der Waals surface area contributed by atoms with Crippen LogP contribution in [0.4, 0.5) is 10.5 Å². The van der Waals surface area contributed by atoms with Gasteiger partial charge in [0.25, 0.3) is 0 Å². The average Bonchev–Trinajstić information content (AvgIpc) is 2.57. The Labute approximate surface area is 171 Å². The van der Waals surface area contributed by atoms with Crippen molar-refractivity contribution in [2.24, 2.45) is 5.92 Å². The molecule has 1 aromatic carbocycles. The Bertz CT molecular complexity index is 669. The maximum atomic E-state index is 12.5. The molecule has 0 aliphatic carbocycles. The minimum Gasteiger partial charge on any atom is -0.459 e. The highest BCUT2D eigenvalue weighted by atomic mass is 32.2. The number of carbonyl (C=O) groups excluding carboxylic acids is 3. The third kappa shape index (κ3) is 9.64. The van der Waals surface area contributed by atoms with Crippen LogP contribution in [0.3, 0.4) is 0 Å². The third-order valence-corrected chi connectivity index (χ3v) is 4.25. The SMILES string of the molecule is CSc1ccc(NC(=O)N[C@@H](CC(C)C)C(=O)NCC(=O)OC(C)(C)C)cc1. The van der Waals surface area contributed by atoms with Gasteiger partial charge in [0.1, 0.15) is 18.2 Å². The first kappa shape index (κ1) is 23.8. The molecular weight excluding hydrogens is 378 g/mol. The van der Waals surface area contributed by atoms with Crippen molar-refractivity contribution in [3.8, 4) is 0 Å². The van der Waals surface area contributed by atoms with Crippen LogP contribution >= 0.6 is 11.8 Å². The molecule has 1 atom stereocenters. The molecule has 0 aromatic heterocycles. The number of rotatable bonds is 8. The fourth-order valence-corrected chi connectivity index (χ4v) is 2.77. The molecule has 8 heteroatoms. The normalized spacial score (nSPS) is 12.2. The zero-order chi connectivity index (χ0) is 21.3. The summed E-state index contributed by atoms with van der Waals surface area (Å²) in [6.07, 6.45) is 2.42. The highest BCUT2D eigenvalue weighted by Gasteiger charge is 2.23. The molecule has 1 rings (SSSR count). The lowest BCUT2D eigenvalue weighted by molar-refractivity contribution is -0.154. The third-order valence-electron chi connectivity index (χ3n) is 3.50. The van der Waals surface area contributed by atoms with Crippen LogP contribution in [0.5, 0.6) is 0 Å². The van der Waals surface area contributed by atoms with E-state index in [2.05, 4.69) is 16.0 Å². The first-order valence-corrected chi connectivity index (χ1v) is 10.4. The van der Waals surface area contributed by atoms with Crippen LogP contribution in [0.25, 0.3) is 0 Å². The predicted molar refractivity (Wildman–Crippen MR) is 112 cm³/mol. The quantitative estimate of drug-likeness (QED) is 0.452. The van der Waals surface area contributed by atoms with Crippen LogP contribution in [0.1, 0.15) is 41.0 Å². The summed E-state index contributed by atoms with van der Waals surface area (Å²) >= 11 is 1.61. The summed E-state index contributed by atoms with van der Waals surface area (Å²) in [7, 11) is 0. The molecule has 0 heterocycles. The standard InChI is InChI=1S/C20H31N3O4S/c1-13(2)11-16(18(25)21-12-17(24)27-20(3,4)5)23-19(26)22-14-7-9-15(28-6)10-8-14/h7-10,13,16H,11-12H2,1-6H3,(H,21,25)(H2,22,23,26)/t16-/m0/s1. The smallest absolute Gasteiger partial charge is 0.325 e. The second-order valence-corrected chi connectivity index (χ2v) is 8.69. The molecule has 28 heavy (non-hydrogen) atoms. The molecule has 0 fully saturated rings. The Morgan fingerprint density at radius 3 is 2.21 bits per heavy atom. The van der Waals surface area contributed by atoms with Crippen molar-refractivity contribution in [2.45, 2.75) is 57.6 Å². The molecule has 156 valence electrons. The maximum absolute atomic E-state index is 12.5. The first-order valence-electron chi connectivity index (χ1n) is 9.21. The van der Waals surface area contributed by atoms with E-state index < -0.39 is 29.6 Å². The van der Waals surface area contributed by atoms with Crippen molar-refractivity contribution in [1.29, 1.82) is 0 Å². The number of nitrogens with one attached hydrogen (secondary N) is 3. The van der Waals surface area contributed by atoms with Gasteiger partial charge in [-0.1, -0.05) is 13.8 Å². The fourth-order valence-electron chi connectivity index (χ4n) is 2.36. The van der Waals surface area contributed by atoms with Gasteiger partial charge >= 0.3 is 12.0 Å². The summed E-state index contributed by atoms with van der Waals surface area (Å²) in [5.74, 6) is -0.770. The predicted octanol–water partition coefficient (Wildman–Crippen LogP) is 3.40. The number of thioether (sulfide) groups is 1. The molecule has 0 spiro atoms. The Morgan fingerprint density at radius 1 is 1.11 bits per heavy atom. The van der Waals surface area contributed by atoms with E-state index in [9.17, 15) is 14.4 Å². The molecule has 0 saturated carbocycles. The fraction of sp³-hybridized carbons (Fsp3) is 0.550. The van der Waals surface area contributed by atoms with Crippen molar-refractivity contribution in [3.63, 3.8) is 0 Å². The van der Waals surface area contributed by atoms with Crippen LogP contribution in [0, 0.1) is 5.92 Å².